The number of likely N-dealkylation sites (N-methyl/N-ethyl adjacent to an activating group) is 1. The highest BCUT2D eigenvalue weighted by Crippen LogP contribution is 2.36. The van der Waals surface area contributed by atoms with E-state index in [9.17, 15) is 26.4 Å². The summed E-state index contributed by atoms with van der Waals surface area (Å²) in [5, 5.41) is 8.60. The normalized spacial score (nSPS) is 15.9. The number of methoxy groups -OCH3 is 1. The van der Waals surface area contributed by atoms with E-state index >= 15 is 0 Å². The summed E-state index contributed by atoms with van der Waals surface area (Å²) >= 11 is 0. The lowest BCUT2D eigenvalue weighted by molar-refractivity contribution is -0.137. The number of anilines is 4. The van der Waals surface area contributed by atoms with Crippen molar-refractivity contribution in [2.45, 2.75) is 38.5 Å². The number of aryl methyl sites for hydroxylation is 1. The van der Waals surface area contributed by atoms with Crippen LogP contribution in [-0.2, 0) is 22.7 Å². The second-order valence-electron chi connectivity index (χ2n) is 10.8. The molecule has 1 atom stereocenters. The van der Waals surface area contributed by atoms with Crippen molar-refractivity contribution in [3.8, 4) is 5.75 Å². The van der Waals surface area contributed by atoms with E-state index in [-0.39, 0.29) is 30.2 Å². The minimum Gasteiger partial charge on any atom is -0.495 e. The predicted molar refractivity (Wildman–Crippen MR) is 163 cm³/mol. The Hall–Kier alpha value is -4.11. The lowest BCUT2D eigenvalue weighted by Gasteiger charge is -2.30. The molecule has 1 saturated heterocycles. The molecule has 3 aromatic rings. The topological polar surface area (TPSA) is 129 Å². The molecule has 2 heterocycles. The molecule has 3 N–H and O–H groups in total. The zero-order valence-electron chi connectivity index (χ0n) is 25.1. The van der Waals surface area contributed by atoms with E-state index in [2.05, 4.69) is 30.8 Å². The number of sulfonamides is 1. The summed E-state index contributed by atoms with van der Waals surface area (Å²) in [6.07, 6.45) is -1.19. The van der Waals surface area contributed by atoms with E-state index in [4.69, 9.17) is 4.74 Å². The van der Waals surface area contributed by atoms with Crippen molar-refractivity contribution in [3.05, 3.63) is 64.8 Å². The minimum absolute atomic E-state index is 0.0271. The second-order valence-corrected chi connectivity index (χ2v) is 12.8. The molecule has 0 bridgehead atoms. The number of carbonyl (C=O) groups is 1. The van der Waals surface area contributed by atoms with Crippen molar-refractivity contribution in [2.24, 2.45) is 0 Å². The maximum Gasteiger partial charge on any atom is 0.421 e. The number of aromatic nitrogens is 2. The summed E-state index contributed by atoms with van der Waals surface area (Å²) in [6.45, 7) is 3.36. The number of piperidine rings is 1. The zero-order chi connectivity index (χ0) is 32.2. The van der Waals surface area contributed by atoms with Crippen molar-refractivity contribution in [2.75, 3.05) is 55.5 Å². The number of ether oxygens (including phenoxy) is 1. The lowest BCUT2D eigenvalue weighted by atomic mass is 10.1. The van der Waals surface area contributed by atoms with Crippen LogP contribution >= 0.6 is 0 Å². The molecule has 0 radical (unpaired) electrons. The predicted octanol–water partition coefficient (Wildman–Crippen LogP) is 4.39. The van der Waals surface area contributed by atoms with E-state index in [1.807, 2.05) is 7.05 Å². The fourth-order valence-electron chi connectivity index (χ4n) is 4.87. The van der Waals surface area contributed by atoms with Gasteiger partial charge in [0.2, 0.25) is 16.0 Å². The standard InChI is InChI=1S/C29H36F3N7O4S/c1-18-8-9-20(24(13-18)39(3)44(5,41)42)15-33-26-22(29(30,31)32)16-34-28(37-26)36-23-11-10-19(14-25(23)43-4)27(40)35-21-7-6-12-38(2)17-21/h8-11,13-14,16,21H,6-7,12,15,17H2,1-5H3,(H,35,40)(H2,33,34,36,37)/t21-/m1/s1. The van der Waals surface area contributed by atoms with Crippen molar-refractivity contribution in [3.63, 3.8) is 0 Å². The van der Waals surface area contributed by atoms with Crippen LogP contribution < -0.4 is 25.0 Å². The third-order valence-electron chi connectivity index (χ3n) is 7.29. The molecule has 1 fully saturated rings. The monoisotopic (exact) mass is 635 g/mol. The summed E-state index contributed by atoms with van der Waals surface area (Å²) in [5.41, 5.74) is 1.15. The van der Waals surface area contributed by atoms with Gasteiger partial charge in [-0.05, 0) is 68.8 Å². The number of nitrogens with zero attached hydrogens (tertiary/aromatic N) is 4. The number of hydrogen-bond donors (Lipinski definition) is 3. The number of amides is 1. The molecule has 0 spiro atoms. The van der Waals surface area contributed by atoms with Crippen molar-refractivity contribution >= 4 is 39.1 Å². The Balaban J connectivity index is 1.57. The molecule has 1 aromatic heterocycles. The third-order valence-corrected chi connectivity index (χ3v) is 8.48. The number of alkyl halides is 3. The summed E-state index contributed by atoms with van der Waals surface area (Å²) in [4.78, 5) is 23.0. The van der Waals surface area contributed by atoms with Gasteiger partial charge >= 0.3 is 6.18 Å². The highest BCUT2D eigenvalue weighted by atomic mass is 32.2. The number of likely N-dealkylation sites (tertiary alicyclic amines) is 1. The Kier molecular flexibility index (Phi) is 9.88. The van der Waals surface area contributed by atoms with Crippen molar-refractivity contribution < 1.29 is 31.1 Å². The van der Waals surface area contributed by atoms with Gasteiger partial charge in [0.1, 0.15) is 17.1 Å². The summed E-state index contributed by atoms with van der Waals surface area (Å²) < 4.78 is 72.5. The summed E-state index contributed by atoms with van der Waals surface area (Å²) in [5.74, 6) is -0.650. The second kappa shape index (κ2) is 13.3. The average Bonchev–Trinajstić information content (AvgIpc) is 2.95. The Morgan fingerprint density at radius 3 is 2.61 bits per heavy atom. The molecule has 2 aromatic carbocycles. The SMILES string of the molecule is COc1cc(C(=O)N[C@@H]2CCCN(C)C2)ccc1Nc1ncc(C(F)(F)F)c(NCc2ccc(C)cc2N(C)S(C)(=O)=O)n1. The van der Waals surface area contributed by atoms with Gasteiger partial charge in [-0.2, -0.15) is 18.2 Å². The zero-order valence-corrected chi connectivity index (χ0v) is 25.9. The maximum atomic E-state index is 13.9. The third kappa shape index (κ3) is 8.08. The van der Waals surface area contributed by atoms with Crippen LogP contribution in [0.2, 0.25) is 0 Å². The van der Waals surface area contributed by atoms with Crippen LogP contribution in [0.3, 0.4) is 0 Å². The highest BCUT2D eigenvalue weighted by Gasteiger charge is 2.35. The molecular weight excluding hydrogens is 599 g/mol. The number of benzene rings is 2. The maximum absolute atomic E-state index is 13.9. The molecule has 44 heavy (non-hydrogen) atoms. The largest absolute Gasteiger partial charge is 0.495 e. The molecule has 1 aliphatic heterocycles. The fraction of sp³-hybridized carbons (Fsp3) is 0.414. The molecule has 11 nitrogen and oxygen atoms in total. The van der Waals surface area contributed by atoms with Gasteiger partial charge < -0.3 is 25.6 Å². The first kappa shape index (κ1) is 32.8. The summed E-state index contributed by atoms with van der Waals surface area (Å²) in [7, 11) is 1.16. The van der Waals surface area contributed by atoms with Crippen LogP contribution in [0, 0.1) is 6.92 Å². The van der Waals surface area contributed by atoms with E-state index in [0.29, 0.717) is 28.7 Å². The van der Waals surface area contributed by atoms with Gasteiger partial charge in [0.25, 0.3) is 5.91 Å². The van der Waals surface area contributed by atoms with Gasteiger partial charge in [-0.3, -0.25) is 9.10 Å². The lowest BCUT2D eigenvalue weighted by Crippen LogP contribution is -2.46. The van der Waals surface area contributed by atoms with E-state index in [0.717, 1.165) is 42.1 Å². The van der Waals surface area contributed by atoms with E-state index in [1.54, 1.807) is 37.3 Å². The molecule has 0 unspecified atom stereocenters. The first-order valence-electron chi connectivity index (χ1n) is 13.8. The van der Waals surface area contributed by atoms with E-state index in [1.165, 1.54) is 20.2 Å². The smallest absolute Gasteiger partial charge is 0.421 e. The number of halogens is 3. The highest BCUT2D eigenvalue weighted by molar-refractivity contribution is 7.92. The first-order valence-corrected chi connectivity index (χ1v) is 15.7. The van der Waals surface area contributed by atoms with Gasteiger partial charge in [0, 0.05) is 37.9 Å². The average molecular weight is 636 g/mol. The Morgan fingerprint density at radius 2 is 1.95 bits per heavy atom. The molecule has 15 heteroatoms. The van der Waals surface area contributed by atoms with Crippen LogP contribution in [-0.4, -0.2) is 75.8 Å². The molecule has 0 saturated carbocycles. The Morgan fingerprint density at radius 1 is 1.20 bits per heavy atom. The van der Waals surface area contributed by atoms with Gasteiger partial charge in [0.05, 0.1) is 24.7 Å². The van der Waals surface area contributed by atoms with Gasteiger partial charge in [-0.1, -0.05) is 12.1 Å². The summed E-state index contributed by atoms with van der Waals surface area (Å²) in [6, 6.07) is 9.71. The van der Waals surface area contributed by atoms with Crippen LogP contribution in [0.5, 0.6) is 5.75 Å². The molecule has 4 rings (SSSR count). The number of rotatable bonds is 10. The molecule has 0 aliphatic carbocycles. The quantitative estimate of drug-likeness (QED) is 0.297. The Bertz CT molecular complexity index is 1620. The van der Waals surface area contributed by atoms with Gasteiger partial charge in [0.15, 0.2) is 0 Å². The van der Waals surface area contributed by atoms with E-state index < -0.39 is 27.6 Å². The van der Waals surface area contributed by atoms with Gasteiger partial charge in [-0.15, -0.1) is 0 Å². The first-order chi connectivity index (χ1) is 20.7. The number of hydrogen-bond acceptors (Lipinski definition) is 9. The van der Waals surface area contributed by atoms with Crippen LogP contribution in [0.1, 0.15) is 39.9 Å². The van der Waals surface area contributed by atoms with Crippen LogP contribution in [0.25, 0.3) is 0 Å². The van der Waals surface area contributed by atoms with Crippen molar-refractivity contribution in [1.82, 2.24) is 20.2 Å². The number of carbonyl (C=O) groups excluding carboxylic acids is 1. The van der Waals surface area contributed by atoms with Crippen molar-refractivity contribution in [1.29, 1.82) is 0 Å². The fourth-order valence-corrected chi connectivity index (χ4v) is 5.39. The van der Waals surface area contributed by atoms with Gasteiger partial charge in [-0.25, -0.2) is 13.4 Å². The van der Waals surface area contributed by atoms with Crippen LogP contribution in [0.15, 0.2) is 42.6 Å². The molecule has 1 amide bonds. The Labute approximate surface area is 254 Å². The molecule has 238 valence electrons. The minimum atomic E-state index is -4.76. The number of nitrogens with one attached hydrogen (secondary N) is 3. The van der Waals surface area contributed by atoms with Crippen LogP contribution in [0.4, 0.5) is 36.3 Å². The molecule has 1 aliphatic rings. The molecular formula is C29H36F3N7O4S.